The van der Waals surface area contributed by atoms with Gasteiger partial charge in [-0.1, -0.05) is 0 Å². The Labute approximate surface area is 86.2 Å². The van der Waals surface area contributed by atoms with E-state index in [4.69, 9.17) is 9.47 Å². The third kappa shape index (κ3) is 2.94. The van der Waals surface area contributed by atoms with E-state index >= 15 is 0 Å². The SMILES string of the molecule is CC1CC(NCC2CCOC2)CCO1. The summed E-state index contributed by atoms with van der Waals surface area (Å²) in [5.41, 5.74) is 0. The van der Waals surface area contributed by atoms with Crippen LogP contribution in [0.15, 0.2) is 0 Å². The Morgan fingerprint density at radius 3 is 2.93 bits per heavy atom. The Hall–Kier alpha value is -0.120. The maximum Gasteiger partial charge on any atom is 0.0561 e. The normalized spacial score (nSPS) is 38.8. The van der Waals surface area contributed by atoms with E-state index < -0.39 is 0 Å². The summed E-state index contributed by atoms with van der Waals surface area (Å²) in [7, 11) is 0. The van der Waals surface area contributed by atoms with Gasteiger partial charge in [0.15, 0.2) is 0 Å². The zero-order valence-corrected chi connectivity index (χ0v) is 9.00. The van der Waals surface area contributed by atoms with E-state index in [0.29, 0.717) is 12.1 Å². The zero-order chi connectivity index (χ0) is 9.80. The molecule has 2 aliphatic rings. The van der Waals surface area contributed by atoms with Crippen molar-refractivity contribution in [2.75, 3.05) is 26.4 Å². The van der Waals surface area contributed by atoms with Gasteiger partial charge in [0, 0.05) is 25.8 Å². The first kappa shape index (κ1) is 10.4. The lowest BCUT2D eigenvalue weighted by Crippen LogP contribution is -2.40. The average molecular weight is 199 g/mol. The van der Waals surface area contributed by atoms with Crippen LogP contribution in [0.25, 0.3) is 0 Å². The predicted octanol–water partition coefficient (Wildman–Crippen LogP) is 1.18. The molecule has 14 heavy (non-hydrogen) atoms. The highest BCUT2D eigenvalue weighted by atomic mass is 16.5. The van der Waals surface area contributed by atoms with Gasteiger partial charge in [-0.15, -0.1) is 0 Å². The lowest BCUT2D eigenvalue weighted by Gasteiger charge is -2.28. The van der Waals surface area contributed by atoms with Crippen LogP contribution in [0.3, 0.4) is 0 Å². The standard InChI is InChI=1S/C11H21NO2/c1-9-6-11(3-5-14-9)12-7-10-2-4-13-8-10/h9-12H,2-8H2,1H3. The van der Waals surface area contributed by atoms with Crippen LogP contribution in [0, 0.1) is 5.92 Å². The molecule has 2 saturated heterocycles. The Kier molecular flexibility index (Phi) is 3.79. The number of hydrogen-bond acceptors (Lipinski definition) is 3. The van der Waals surface area contributed by atoms with E-state index in [1.807, 2.05) is 0 Å². The van der Waals surface area contributed by atoms with Crippen molar-refractivity contribution in [3.63, 3.8) is 0 Å². The van der Waals surface area contributed by atoms with Gasteiger partial charge in [-0.05, 0) is 32.1 Å². The van der Waals surface area contributed by atoms with Crippen molar-refractivity contribution >= 4 is 0 Å². The van der Waals surface area contributed by atoms with Gasteiger partial charge >= 0.3 is 0 Å². The molecule has 3 heteroatoms. The first-order valence-corrected chi connectivity index (χ1v) is 5.77. The Bertz CT molecular complexity index is 169. The molecule has 1 N–H and O–H groups in total. The number of ether oxygens (including phenoxy) is 2. The quantitative estimate of drug-likeness (QED) is 0.740. The summed E-state index contributed by atoms with van der Waals surface area (Å²) in [4.78, 5) is 0. The van der Waals surface area contributed by atoms with Crippen LogP contribution in [-0.2, 0) is 9.47 Å². The molecule has 0 radical (unpaired) electrons. The molecule has 3 atom stereocenters. The third-order valence-corrected chi connectivity index (χ3v) is 3.20. The van der Waals surface area contributed by atoms with Crippen LogP contribution < -0.4 is 5.32 Å². The number of nitrogens with one attached hydrogen (secondary N) is 1. The van der Waals surface area contributed by atoms with Crippen LogP contribution in [0.1, 0.15) is 26.2 Å². The second kappa shape index (κ2) is 5.10. The van der Waals surface area contributed by atoms with Crippen molar-refractivity contribution in [3.05, 3.63) is 0 Å². The summed E-state index contributed by atoms with van der Waals surface area (Å²) < 4.78 is 10.9. The third-order valence-electron chi connectivity index (χ3n) is 3.20. The van der Waals surface area contributed by atoms with Crippen molar-refractivity contribution in [3.8, 4) is 0 Å². The fraction of sp³-hybridized carbons (Fsp3) is 1.00. The predicted molar refractivity (Wildman–Crippen MR) is 55.4 cm³/mol. The highest BCUT2D eigenvalue weighted by Gasteiger charge is 2.21. The molecule has 3 nitrogen and oxygen atoms in total. The molecule has 0 aromatic heterocycles. The van der Waals surface area contributed by atoms with E-state index in [-0.39, 0.29) is 0 Å². The molecule has 0 saturated carbocycles. The summed E-state index contributed by atoms with van der Waals surface area (Å²) in [6.07, 6.45) is 3.98. The van der Waals surface area contributed by atoms with E-state index in [1.54, 1.807) is 0 Å². The maximum atomic E-state index is 5.52. The Morgan fingerprint density at radius 2 is 2.21 bits per heavy atom. The minimum atomic E-state index is 0.432. The van der Waals surface area contributed by atoms with Gasteiger partial charge in [-0.2, -0.15) is 0 Å². The summed E-state index contributed by atoms with van der Waals surface area (Å²) in [6.45, 7) is 6.10. The Balaban J connectivity index is 1.64. The van der Waals surface area contributed by atoms with Crippen molar-refractivity contribution in [2.45, 2.75) is 38.3 Å². The maximum absolute atomic E-state index is 5.52. The fourth-order valence-corrected chi connectivity index (χ4v) is 2.26. The lowest BCUT2D eigenvalue weighted by atomic mass is 10.0. The Morgan fingerprint density at radius 1 is 1.29 bits per heavy atom. The van der Waals surface area contributed by atoms with E-state index in [2.05, 4.69) is 12.2 Å². The largest absolute Gasteiger partial charge is 0.381 e. The van der Waals surface area contributed by atoms with Crippen molar-refractivity contribution in [1.29, 1.82) is 0 Å². The molecule has 82 valence electrons. The smallest absolute Gasteiger partial charge is 0.0561 e. The summed E-state index contributed by atoms with van der Waals surface area (Å²) >= 11 is 0. The molecule has 3 unspecified atom stereocenters. The highest BCUT2D eigenvalue weighted by Crippen LogP contribution is 2.15. The molecule has 0 spiro atoms. The van der Waals surface area contributed by atoms with Gasteiger partial charge in [-0.25, -0.2) is 0 Å². The molecule has 0 aromatic rings. The molecule has 2 rings (SSSR count). The highest BCUT2D eigenvalue weighted by molar-refractivity contribution is 4.76. The van der Waals surface area contributed by atoms with Gasteiger partial charge in [0.25, 0.3) is 0 Å². The lowest BCUT2D eigenvalue weighted by molar-refractivity contribution is 0.0126. The van der Waals surface area contributed by atoms with Gasteiger partial charge < -0.3 is 14.8 Å². The summed E-state index contributed by atoms with van der Waals surface area (Å²) in [5, 5.41) is 3.63. The number of rotatable bonds is 3. The number of hydrogen-bond donors (Lipinski definition) is 1. The first-order chi connectivity index (χ1) is 6.84. The van der Waals surface area contributed by atoms with Crippen molar-refractivity contribution in [1.82, 2.24) is 5.32 Å². The molecular formula is C11H21NO2. The van der Waals surface area contributed by atoms with E-state index in [0.717, 1.165) is 45.1 Å². The first-order valence-electron chi connectivity index (χ1n) is 5.77. The van der Waals surface area contributed by atoms with E-state index in [9.17, 15) is 0 Å². The van der Waals surface area contributed by atoms with Crippen molar-refractivity contribution in [2.24, 2.45) is 5.92 Å². The average Bonchev–Trinajstić information content (AvgIpc) is 2.67. The molecule has 2 fully saturated rings. The molecule has 0 bridgehead atoms. The minimum Gasteiger partial charge on any atom is -0.381 e. The topological polar surface area (TPSA) is 30.5 Å². The van der Waals surface area contributed by atoms with Gasteiger partial charge in [0.05, 0.1) is 12.7 Å². The molecule has 2 aliphatic heterocycles. The van der Waals surface area contributed by atoms with E-state index in [1.165, 1.54) is 6.42 Å². The van der Waals surface area contributed by atoms with Gasteiger partial charge in [-0.3, -0.25) is 0 Å². The van der Waals surface area contributed by atoms with Crippen molar-refractivity contribution < 1.29 is 9.47 Å². The van der Waals surface area contributed by atoms with Crippen LogP contribution in [0.2, 0.25) is 0 Å². The van der Waals surface area contributed by atoms with Gasteiger partial charge in [0.1, 0.15) is 0 Å². The summed E-state index contributed by atoms with van der Waals surface area (Å²) in [6, 6.07) is 0.666. The second-order valence-corrected chi connectivity index (χ2v) is 4.54. The summed E-state index contributed by atoms with van der Waals surface area (Å²) in [5.74, 6) is 0.744. The molecule has 2 heterocycles. The monoisotopic (exact) mass is 199 g/mol. The van der Waals surface area contributed by atoms with Gasteiger partial charge in [0.2, 0.25) is 0 Å². The van der Waals surface area contributed by atoms with Crippen LogP contribution in [0.4, 0.5) is 0 Å². The molecular weight excluding hydrogens is 178 g/mol. The fourth-order valence-electron chi connectivity index (χ4n) is 2.26. The van der Waals surface area contributed by atoms with Crippen LogP contribution in [-0.4, -0.2) is 38.5 Å². The minimum absolute atomic E-state index is 0.432. The molecule has 0 aromatic carbocycles. The van der Waals surface area contributed by atoms with Crippen LogP contribution >= 0.6 is 0 Å². The van der Waals surface area contributed by atoms with Crippen LogP contribution in [0.5, 0.6) is 0 Å². The molecule has 0 amide bonds. The zero-order valence-electron chi connectivity index (χ0n) is 9.00. The second-order valence-electron chi connectivity index (χ2n) is 4.54. The molecule has 0 aliphatic carbocycles.